The van der Waals surface area contributed by atoms with Gasteiger partial charge < -0.3 is 21.5 Å². The van der Waals surface area contributed by atoms with Crippen LogP contribution in [0.4, 0.5) is 0 Å². The average molecular weight is 366 g/mol. The van der Waals surface area contributed by atoms with Crippen molar-refractivity contribution in [2.45, 2.75) is 44.8 Å². The summed E-state index contributed by atoms with van der Waals surface area (Å²) in [5, 5.41) is 14.0. The lowest BCUT2D eigenvalue weighted by atomic mass is 10.0. The van der Waals surface area contributed by atoms with Crippen LogP contribution in [0.2, 0.25) is 0 Å². The van der Waals surface area contributed by atoms with Crippen molar-refractivity contribution < 1.29 is 19.5 Å². The third-order valence-corrected chi connectivity index (χ3v) is 4.12. The summed E-state index contributed by atoms with van der Waals surface area (Å²) in [7, 11) is 0. The SMILES string of the molecule is CSCCC(N)C(=O)NC(CC(C)C)C(=O)NC(CS)C(=O)O. The van der Waals surface area contributed by atoms with Crippen LogP contribution in [0.25, 0.3) is 0 Å². The minimum atomic E-state index is -1.17. The van der Waals surface area contributed by atoms with E-state index in [1.807, 2.05) is 20.1 Å². The number of amides is 2. The quantitative estimate of drug-likeness (QED) is 0.331. The van der Waals surface area contributed by atoms with Gasteiger partial charge in [0.1, 0.15) is 12.1 Å². The Kier molecular flexibility index (Phi) is 11.1. The van der Waals surface area contributed by atoms with Crippen LogP contribution >= 0.6 is 24.4 Å². The number of nitrogens with one attached hydrogen (secondary N) is 2. The zero-order valence-corrected chi connectivity index (χ0v) is 15.5. The van der Waals surface area contributed by atoms with Crippen molar-refractivity contribution in [3.63, 3.8) is 0 Å². The molecule has 0 aromatic rings. The molecule has 0 heterocycles. The number of thioether (sulfide) groups is 1. The van der Waals surface area contributed by atoms with Crippen molar-refractivity contribution in [1.82, 2.24) is 10.6 Å². The summed E-state index contributed by atoms with van der Waals surface area (Å²) in [6.45, 7) is 3.82. The molecule has 0 rings (SSSR count). The van der Waals surface area contributed by atoms with Gasteiger partial charge in [-0.15, -0.1) is 0 Å². The van der Waals surface area contributed by atoms with E-state index in [4.69, 9.17) is 10.8 Å². The number of hydrogen-bond donors (Lipinski definition) is 5. The van der Waals surface area contributed by atoms with Crippen molar-refractivity contribution in [2.75, 3.05) is 17.8 Å². The van der Waals surface area contributed by atoms with Crippen molar-refractivity contribution in [2.24, 2.45) is 11.7 Å². The second-order valence-electron chi connectivity index (χ2n) is 5.66. The van der Waals surface area contributed by atoms with E-state index in [-0.39, 0.29) is 11.7 Å². The molecule has 0 aliphatic heterocycles. The van der Waals surface area contributed by atoms with E-state index in [1.165, 1.54) is 0 Å². The first-order valence-electron chi connectivity index (χ1n) is 7.41. The average Bonchev–Trinajstić information content (AvgIpc) is 2.48. The monoisotopic (exact) mass is 365 g/mol. The molecule has 3 unspecified atom stereocenters. The van der Waals surface area contributed by atoms with Gasteiger partial charge in [0.2, 0.25) is 11.8 Å². The Balaban J connectivity index is 4.82. The maximum Gasteiger partial charge on any atom is 0.327 e. The van der Waals surface area contributed by atoms with Gasteiger partial charge in [-0.3, -0.25) is 9.59 Å². The first-order chi connectivity index (χ1) is 10.7. The second kappa shape index (κ2) is 11.6. The number of thiol groups is 1. The first kappa shape index (κ1) is 22.1. The van der Waals surface area contributed by atoms with Gasteiger partial charge in [0.15, 0.2) is 0 Å². The number of carbonyl (C=O) groups excluding carboxylic acids is 2. The third-order valence-electron chi connectivity index (χ3n) is 3.11. The first-order valence-corrected chi connectivity index (χ1v) is 9.44. The molecular formula is C14H27N3O4S2. The fraction of sp³-hybridized carbons (Fsp3) is 0.786. The Labute approximate surface area is 146 Å². The molecule has 0 bridgehead atoms. The normalized spacial score (nSPS) is 14.9. The number of hydrogen-bond acceptors (Lipinski definition) is 6. The topological polar surface area (TPSA) is 122 Å². The van der Waals surface area contributed by atoms with E-state index in [2.05, 4.69) is 23.3 Å². The summed E-state index contributed by atoms with van der Waals surface area (Å²) in [6.07, 6.45) is 2.83. The number of carbonyl (C=O) groups is 3. The third kappa shape index (κ3) is 9.07. The highest BCUT2D eigenvalue weighted by atomic mass is 32.2. The summed E-state index contributed by atoms with van der Waals surface area (Å²) in [5.74, 6) is -1.25. The summed E-state index contributed by atoms with van der Waals surface area (Å²) in [6, 6.07) is -2.60. The lowest BCUT2D eigenvalue weighted by Crippen LogP contribution is -2.55. The molecule has 23 heavy (non-hydrogen) atoms. The van der Waals surface area contributed by atoms with E-state index < -0.39 is 35.9 Å². The summed E-state index contributed by atoms with van der Waals surface area (Å²) < 4.78 is 0. The molecule has 9 heteroatoms. The molecule has 0 aliphatic carbocycles. The highest BCUT2D eigenvalue weighted by Crippen LogP contribution is 2.07. The molecule has 5 N–H and O–H groups in total. The van der Waals surface area contributed by atoms with Crippen LogP contribution < -0.4 is 16.4 Å². The lowest BCUT2D eigenvalue weighted by Gasteiger charge is -2.23. The molecule has 3 atom stereocenters. The molecule has 0 saturated heterocycles. The summed E-state index contributed by atoms with van der Waals surface area (Å²) in [4.78, 5) is 35.3. The van der Waals surface area contributed by atoms with Gasteiger partial charge in [-0.1, -0.05) is 13.8 Å². The van der Waals surface area contributed by atoms with Crippen LogP contribution in [0.3, 0.4) is 0 Å². The molecule has 0 aromatic heterocycles. The van der Waals surface area contributed by atoms with Gasteiger partial charge in [0.05, 0.1) is 6.04 Å². The Morgan fingerprint density at radius 1 is 1.17 bits per heavy atom. The predicted molar refractivity (Wildman–Crippen MR) is 95.8 cm³/mol. The van der Waals surface area contributed by atoms with Crippen molar-refractivity contribution in [1.29, 1.82) is 0 Å². The molecule has 2 amide bonds. The van der Waals surface area contributed by atoms with E-state index >= 15 is 0 Å². The fourth-order valence-corrected chi connectivity index (χ4v) is 2.55. The van der Waals surface area contributed by atoms with Crippen molar-refractivity contribution >= 4 is 42.2 Å². The van der Waals surface area contributed by atoms with Gasteiger partial charge in [-0.25, -0.2) is 4.79 Å². The molecule has 0 aromatic carbocycles. The smallest absolute Gasteiger partial charge is 0.327 e. The zero-order chi connectivity index (χ0) is 18.0. The number of aliphatic carboxylic acids is 1. The van der Waals surface area contributed by atoms with Crippen LogP contribution in [-0.2, 0) is 14.4 Å². The number of carboxylic acids is 1. The van der Waals surface area contributed by atoms with Gasteiger partial charge in [-0.05, 0) is 30.8 Å². The molecular weight excluding hydrogens is 338 g/mol. The predicted octanol–water partition coefficient (Wildman–Crippen LogP) is 0.0969. The van der Waals surface area contributed by atoms with E-state index in [0.717, 1.165) is 5.75 Å². The van der Waals surface area contributed by atoms with Gasteiger partial charge in [-0.2, -0.15) is 24.4 Å². The van der Waals surface area contributed by atoms with Crippen molar-refractivity contribution in [3.05, 3.63) is 0 Å². The van der Waals surface area contributed by atoms with Crippen molar-refractivity contribution in [3.8, 4) is 0 Å². The Morgan fingerprint density at radius 3 is 2.17 bits per heavy atom. The molecule has 0 aliphatic rings. The standard InChI is InChI=1S/C14H27N3O4S2/c1-8(2)6-10(13(19)17-11(7-22)14(20)21)16-12(18)9(15)4-5-23-3/h8-11,22H,4-7,15H2,1-3H3,(H,16,18)(H,17,19)(H,20,21). The molecule has 0 radical (unpaired) electrons. The lowest BCUT2D eigenvalue weighted by molar-refractivity contribution is -0.141. The van der Waals surface area contributed by atoms with Gasteiger partial charge in [0.25, 0.3) is 0 Å². The Hall–Kier alpha value is -0.930. The largest absolute Gasteiger partial charge is 0.480 e. The highest BCUT2D eigenvalue weighted by molar-refractivity contribution is 7.98. The van der Waals surface area contributed by atoms with Gasteiger partial charge in [0, 0.05) is 5.75 Å². The minimum absolute atomic E-state index is 0.0311. The maximum absolute atomic E-state index is 12.3. The van der Waals surface area contributed by atoms with Crippen LogP contribution in [-0.4, -0.2) is 58.8 Å². The van der Waals surface area contributed by atoms with E-state index in [0.29, 0.717) is 12.8 Å². The second-order valence-corrected chi connectivity index (χ2v) is 7.01. The molecule has 134 valence electrons. The zero-order valence-electron chi connectivity index (χ0n) is 13.7. The van der Waals surface area contributed by atoms with E-state index in [1.54, 1.807) is 11.8 Å². The Bertz CT molecular complexity index is 407. The van der Waals surface area contributed by atoms with Crippen LogP contribution in [0.1, 0.15) is 26.7 Å². The number of rotatable bonds is 11. The van der Waals surface area contributed by atoms with Gasteiger partial charge >= 0.3 is 5.97 Å². The molecule has 0 spiro atoms. The molecule has 0 fully saturated rings. The summed E-state index contributed by atoms with van der Waals surface area (Å²) in [5.41, 5.74) is 5.79. The maximum atomic E-state index is 12.3. The number of carboxylic acid groups (broad SMARTS) is 1. The number of nitrogens with two attached hydrogens (primary N) is 1. The summed E-state index contributed by atoms with van der Waals surface area (Å²) >= 11 is 5.49. The fourth-order valence-electron chi connectivity index (χ4n) is 1.82. The molecule has 0 saturated carbocycles. The molecule has 7 nitrogen and oxygen atoms in total. The van der Waals surface area contributed by atoms with Crippen LogP contribution in [0.5, 0.6) is 0 Å². The Morgan fingerprint density at radius 2 is 1.74 bits per heavy atom. The minimum Gasteiger partial charge on any atom is -0.480 e. The highest BCUT2D eigenvalue weighted by Gasteiger charge is 2.27. The van der Waals surface area contributed by atoms with Crippen LogP contribution in [0.15, 0.2) is 0 Å². The van der Waals surface area contributed by atoms with E-state index in [9.17, 15) is 14.4 Å². The van der Waals surface area contributed by atoms with Crippen LogP contribution in [0, 0.1) is 5.92 Å².